The topological polar surface area (TPSA) is 66.5 Å². The zero-order chi connectivity index (χ0) is 20.9. The first-order valence-corrected chi connectivity index (χ1v) is 10.1. The lowest BCUT2D eigenvalue weighted by Crippen LogP contribution is -2.73. The van der Waals surface area contributed by atoms with Gasteiger partial charge in [0.15, 0.2) is 5.79 Å². The second-order valence-corrected chi connectivity index (χ2v) is 8.18. The molecular formula is C23H25NO6. The van der Waals surface area contributed by atoms with Crippen molar-refractivity contribution in [3.63, 3.8) is 0 Å². The molecule has 158 valence electrons. The van der Waals surface area contributed by atoms with Crippen LogP contribution in [-0.4, -0.2) is 55.9 Å². The summed E-state index contributed by atoms with van der Waals surface area (Å²) in [5.74, 6) is 0.589. The van der Waals surface area contributed by atoms with E-state index in [1.165, 1.54) is 0 Å². The predicted octanol–water partition coefficient (Wildman–Crippen LogP) is 2.78. The zero-order valence-corrected chi connectivity index (χ0v) is 17.2. The number of para-hydroxylation sites is 1. The van der Waals surface area contributed by atoms with Gasteiger partial charge in [0, 0.05) is 5.69 Å². The quantitative estimate of drug-likeness (QED) is 0.705. The lowest BCUT2D eigenvalue weighted by atomic mass is 9.88. The van der Waals surface area contributed by atoms with Gasteiger partial charge in [-0.15, -0.1) is 0 Å². The molecule has 0 aliphatic carbocycles. The van der Waals surface area contributed by atoms with Gasteiger partial charge in [-0.05, 0) is 50.2 Å². The van der Waals surface area contributed by atoms with Gasteiger partial charge in [-0.25, -0.2) is 0 Å². The molecule has 3 aliphatic rings. The van der Waals surface area contributed by atoms with Crippen molar-refractivity contribution in [1.82, 2.24) is 0 Å². The van der Waals surface area contributed by atoms with Gasteiger partial charge in [-0.1, -0.05) is 18.2 Å². The SMILES string of the molecule is COc1ccc(N2C(=O)[C@@H](Oc3ccccc3)[C@H]2[C@H]2OC[C@H]3OC(C)(C)O[C@@H]23)cc1. The molecule has 0 bridgehead atoms. The Morgan fingerprint density at radius 1 is 0.967 bits per heavy atom. The lowest BCUT2D eigenvalue weighted by Gasteiger charge is -2.49. The van der Waals surface area contributed by atoms with E-state index in [9.17, 15) is 4.79 Å². The van der Waals surface area contributed by atoms with Gasteiger partial charge in [0.05, 0.1) is 13.7 Å². The van der Waals surface area contributed by atoms with Crippen LogP contribution in [0.5, 0.6) is 11.5 Å². The maximum atomic E-state index is 13.1. The molecule has 0 radical (unpaired) electrons. The highest BCUT2D eigenvalue weighted by atomic mass is 16.8. The molecule has 7 heteroatoms. The summed E-state index contributed by atoms with van der Waals surface area (Å²) in [7, 11) is 1.61. The molecule has 3 fully saturated rings. The van der Waals surface area contributed by atoms with Crippen LogP contribution in [0.3, 0.4) is 0 Å². The van der Waals surface area contributed by atoms with Crippen molar-refractivity contribution in [2.24, 2.45) is 0 Å². The Kier molecular flexibility index (Phi) is 4.69. The fourth-order valence-corrected chi connectivity index (χ4v) is 4.47. The van der Waals surface area contributed by atoms with Gasteiger partial charge in [-0.3, -0.25) is 9.69 Å². The summed E-state index contributed by atoms with van der Waals surface area (Å²) in [5.41, 5.74) is 0.768. The second-order valence-electron chi connectivity index (χ2n) is 8.18. The molecule has 30 heavy (non-hydrogen) atoms. The predicted molar refractivity (Wildman–Crippen MR) is 109 cm³/mol. The molecular weight excluding hydrogens is 386 g/mol. The number of fused-ring (bicyclic) bond motifs is 1. The Balaban J connectivity index is 1.45. The number of amides is 1. The van der Waals surface area contributed by atoms with Crippen LogP contribution in [0.1, 0.15) is 13.8 Å². The van der Waals surface area contributed by atoms with Crippen LogP contribution >= 0.6 is 0 Å². The molecule has 0 spiro atoms. The minimum absolute atomic E-state index is 0.112. The molecule has 3 saturated heterocycles. The van der Waals surface area contributed by atoms with Crippen molar-refractivity contribution in [2.75, 3.05) is 18.6 Å². The second kappa shape index (κ2) is 7.27. The Hall–Kier alpha value is -2.61. The highest BCUT2D eigenvalue weighted by Gasteiger charge is 2.62. The van der Waals surface area contributed by atoms with Crippen molar-refractivity contribution < 1.29 is 28.5 Å². The van der Waals surface area contributed by atoms with Crippen LogP contribution in [0, 0.1) is 0 Å². The number of methoxy groups -OCH3 is 1. The molecule has 2 aromatic rings. The van der Waals surface area contributed by atoms with Gasteiger partial charge < -0.3 is 23.7 Å². The van der Waals surface area contributed by atoms with Crippen LogP contribution < -0.4 is 14.4 Å². The molecule has 5 rings (SSSR count). The average molecular weight is 411 g/mol. The number of benzene rings is 2. The fraction of sp³-hybridized carbons (Fsp3) is 0.435. The molecule has 0 unspecified atom stereocenters. The first-order valence-electron chi connectivity index (χ1n) is 10.1. The summed E-state index contributed by atoms with van der Waals surface area (Å²) in [5, 5.41) is 0. The normalized spacial score (nSPS) is 31.9. The highest BCUT2D eigenvalue weighted by Crippen LogP contribution is 2.42. The van der Waals surface area contributed by atoms with Gasteiger partial charge >= 0.3 is 0 Å². The number of β-lactam (4-membered cyclic amide) rings is 1. The smallest absolute Gasteiger partial charge is 0.270 e. The summed E-state index contributed by atoms with van der Waals surface area (Å²) in [6, 6.07) is 16.4. The Morgan fingerprint density at radius 2 is 1.70 bits per heavy atom. The molecule has 1 amide bonds. The summed E-state index contributed by atoms with van der Waals surface area (Å²) in [6.45, 7) is 4.22. The van der Waals surface area contributed by atoms with Crippen LogP contribution in [-0.2, 0) is 19.0 Å². The van der Waals surface area contributed by atoms with Crippen LogP contribution in [0.2, 0.25) is 0 Å². The van der Waals surface area contributed by atoms with Gasteiger partial charge in [0.1, 0.15) is 35.9 Å². The van der Waals surface area contributed by atoms with Crippen molar-refractivity contribution >= 4 is 11.6 Å². The lowest BCUT2D eigenvalue weighted by molar-refractivity contribution is -0.182. The first kappa shape index (κ1) is 19.4. The Morgan fingerprint density at radius 3 is 2.40 bits per heavy atom. The van der Waals surface area contributed by atoms with E-state index in [1.807, 2.05) is 68.4 Å². The molecule has 3 aliphatic heterocycles. The molecule has 0 saturated carbocycles. The van der Waals surface area contributed by atoms with E-state index in [0.717, 1.165) is 11.4 Å². The van der Waals surface area contributed by atoms with E-state index in [0.29, 0.717) is 12.4 Å². The van der Waals surface area contributed by atoms with E-state index in [-0.39, 0.29) is 30.3 Å². The minimum atomic E-state index is -0.675. The summed E-state index contributed by atoms with van der Waals surface area (Å²) < 4.78 is 29.5. The number of hydrogen-bond acceptors (Lipinski definition) is 6. The fourth-order valence-electron chi connectivity index (χ4n) is 4.47. The molecule has 0 aromatic heterocycles. The molecule has 0 N–H and O–H groups in total. The van der Waals surface area contributed by atoms with Gasteiger partial charge in [0.2, 0.25) is 6.10 Å². The van der Waals surface area contributed by atoms with Crippen molar-refractivity contribution in [3.05, 3.63) is 54.6 Å². The van der Waals surface area contributed by atoms with Crippen molar-refractivity contribution in [3.8, 4) is 11.5 Å². The van der Waals surface area contributed by atoms with Crippen LogP contribution in [0.25, 0.3) is 0 Å². The summed E-state index contributed by atoms with van der Waals surface area (Å²) in [6.07, 6.45) is -1.44. The van der Waals surface area contributed by atoms with E-state index < -0.39 is 11.9 Å². The third kappa shape index (κ3) is 3.23. The van der Waals surface area contributed by atoms with E-state index in [4.69, 9.17) is 23.7 Å². The largest absolute Gasteiger partial charge is 0.497 e. The monoisotopic (exact) mass is 411 g/mol. The number of hydrogen-bond donors (Lipinski definition) is 0. The maximum absolute atomic E-state index is 13.1. The number of nitrogens with zero attached hydrogens (tertiary/aromatic N) is 1. The van der Waals surface area contributed by atoms with E-state index in [2.05, 4.69) is 0 Å². The van der Waals surface area contributed by atoms with Crippen molar-refractivity contribution in [1.29, 1.82) is 0 Å². The van der Waals surface area contributed by atoms with Crippen molar-refractivity contribution in [2.45, 2.75) is 50.1 Å². The first-order chi connectivity index (χ1) is 14.5. The average Bonchev–Trinajstić information content (AvgIpc) is 3.26. The number of carbonyl (C=O) groups excluding carboxylic acids is 1. The molecule has 2 aromatic carbocycles. The van der Waals surface area contributed by atoms with Crippen LogP contribution in [0.15, 0.2) is 54.6 Å². The Bertz CT molecular complexity index is 915. The third-order valence-electron chi connectivity index (χ3n) is 5.78. The number of anilines is 1. The van der Waals surface area contributed by atoms with Gasteiger partial charge in [-0.2, -0.15) is 0 Å². The van der Waals surface area contributed by atoms with E-state index in [1.54, 1.807) is 12.0 Å². The molecule has 5 atom stereocenters. The maximum Gasteiger partial charge on any atom is 0.270 e. The third-order valence-corrected chi connectivity index (χ3v) is 5.78. The highest BCUT2D eigenvalue weighted by molar-refractivity contribution is 6.05. The molecule has 7 nitrogen and oxygen atoms in total. The minimum Gasteiger partial charge on any atom is -0.497 e. The number of ether oxygens (including phenoxy) is 5. The number of rotatable bonds is 5. The molecule has 3 heterocycles. The summed E-state index contributed by atoms with van der Waals surface area (Å²) >= 11 is 0. The number of carbonyl (C=O) groups is 1. The Labute approximate surface area is 175 Å². The van der Waals surface area contributed by atoms with E-state index >= 15 is 0 Å². The van der Waals surface area contributed by atoms with Crippen LogP contribution in [0.4, 0.5) is 5.69 Å². The standard InChI is InChI=1S/C23H25NO6/c1-23(2)29-17-13-27-20(19(17)30-23)18-21(28-16-7-5-4-6-8-16)22(25)24(18)14-9-11-15(26-3)12-10-14/h4-12,17-21H,13H2,1-3H3/t17-,18-,19-,20-,21+/m1/s1. The summed E-state index contributed by atoms with van der Waals surface area (Å²) in [4.78, 5) is 14.9. The zero-order valence-electron chi connectivity index (χ0n) is 17.2. The van der Waals surface area contributed by atoms with Gasteiger partial charge in [0.25, 0.3) is 5.91 Å².